The molecule has 0 atom stereocenters. The fraction of sp³-hybridized carbons (Fsp3) is 0.0667. The van der Waals surface area contributed by atoms with Gasteiger partial charge in [0.2, 0.25) is 0 Å². The van der Waals surface area contributed by atoms with E-state index in [2.05, 4.69) is 31.7 Å². The van der Waals surface area contributed by atoms with Crippen molar-refractivity contribution < 1.29 is 4.79 Å². The first-order valence-corrected chi connectivity index (χ1v) is 8.06. The molecule has 0 radical (unpaired) electrons. The molecule has 1 aromatic carbocycles. The monoisotopic (exact) mass is 361 g/mol. The molecule has 3 rings (SSSR count). The van der Waals surface area contributed by atoms with Crippen LogP contribution >= 0.6 is 27.3 Å². The number of carbonyl (C=O) groups excluding carboxylic acids is 1. The van der Waals surface area contributed by atoms with Crippen LogP contribution in [0.1, 0.15) is 15.9 Å². The van der Waals surface area contributed by atoms with Crippen molar-refractivity contribution in [1.82, 2.24) is 9.78 Å². The highest BCUT2D eigenvalue weighted by molar-refractivity contribution is 9.10. The van der Waals surface area contributed by atoms with Crippen molar-refractivity contribution in [1.29, 1.82) is 0 Å². The molecule has 2 aromatic heterocycles. The first kappa shape index (κ1) is 14.0. The number of aromatic nitrogens is 2. The van der Waals surface area contributed by atoms with Gasteiger partial charge in [0, 0.05) is 16.1 Å². The van der Waals surface area contributed by atoms with Crippen LogP contribution in [0.2, 0.25) is 0 Å². The summed E-state index contributed by atoms with van der Waals surface area (Å²) in [4.78, 5) is 12.2. The number of halogens is 1. The van der Waals surface area contributed by atoms with Crippen molar-refractivity contribution in [3.05, 3.63) is 69.0 Å². The smallest absolute Gasteiger partial charge is 0.256 e. The number of amides is 1. The SMILES string of the molecule is O=C(Nc1ccnn1Cc1ccsc1)c1cccc(Br)c1. The van der Waals surface area contributed by atoms with Gasteiger partial charge >= 0.3 is 0 Å². The summed E-state index contributed by atoms with van der Waals surface area (Å²) in [6, 6.07) is 11.1. The molecule has 0 fully saturated rings. The summed E-state index contributed by atoms with van der Waals surface area (Å²) in [6.45, 7) is 0.643. The van der Waals surface area contributed by atoms with Crippen molar-refractivity contribution in [2.45, 2.75) is 6.54 Å². The number of nitrogens with zero attached hydrogens (tertiary/aromatic N) is 2. The van der Waals surface area contributed by atoms with E-state index in [1.165, 1.54) is 5.56 Å². The molecular weight excluding hydrogens is 350 g/mol. The van der Waals surface area contributed by atoms with Gasteiger partial charge in [-0.05, 0) is 40.6 Å². The van der Waals surface area contributed by atoms with E-state index in [4.69, 9.17) is 0 Å². The van der Waals surface area contributed by atoms with Crippen LogP contribution in [0.4, 0.5) is 5.82 Å². The molecule has 0 saturated carbocycles. The van der Waals surface area contributed by atoms with Gasteiger partial charge in [0.25, 0.3) is 5.91 Å². The van der Waals surface area contributed by atoms with Crippen LogP contribution in [0.3, 0.4) is 0 Å². The molecule has 21 heavy (non-hydrogen) atoms. The number of carbonyl (C=O) groups is 1. The fourth-order valence-electron chi connectivity index (χ4n) is 1.94. The highest BCUT2D eigenvalue weighted by Gasteiger charge is 2.10. The summed E-state index contributed by atoms with van der Waals surface area (Å²) < 4.78 is 2.65. The number of rotatable bonds is 4. The van der Waals surface area contributed by atoms with Crippen molar-refractivity contribution in [2.24, 2.45) is 0 Å². The molecule has 6 heteroatoms. The van der Waals surface area contributed by atoms with Gasteiger partial charge in [-0.15, -0.1) is 0 Å². The minimum Gasteiger partial charge on any atom is -0.307 e. The lowest BCUT2D eigenvalue weighted by Crippen LogP contribution is -2.16. The van der Waals surface area contributed by atoms with Crippen molar-refractivity contribution in [2.75, 3.05) is 5.32 Å². The zero-order valence-electron chi connectivity index (χ0n) is 11.0. The van der Waals surface area contributed by atoms with Crippen LogP contribution < -0.4 is 5.32 Å². The Morgan fingerprint density at radius 2 is 2.24 bits per heavy atom. The molecule has 2 heterocycles. The van der Waals surface area contributed by atoms with Gasteiger partial charge in [-0.25, -0.2) is 4.68 Å². The largest absolute Gasteiger partial charge is 0.307 e. The van der Waals surface area contributed by atoms with E-state index in [1.54, 1.807) is 40.4 Å². The van der Waals surface area contributed by atoms with E-state index in [0.717, 1.165) is 4.47 Å². The Balaban J connectivity index is 1.76. The lowest BCUT2D eigenvalue weighted by Gasteiger charge is -2.08. The maximum Gasteiger partial charge on any atom is 0.256 e. The number of hydrogen-bond acceptors (Lipinski definition) is 3. The van der Waals surface area contributed by atoms with Crippen LogP contribution in [-0.4, -0.2) is 15.7 Å². The van der Waals surface area contributed by atoms with E-state index in [-0.39, 0.29) is 5.91 Å². The lowest BCUT2D eigenvalue weighted by atomic mass is 10.2. The fourth-order valence-corrected chi connectivity index (χ4v) is 3.00. The van der Waals surface area contributed by atoms with Crippen LogP contribution in [0, 0.1) is 0 Å². The van der Waals surface area contributed by atoms with Gasteiger partial charge in [-0.2, -0.15) is 16.4 Å². The van der Waals surface area contributed by atoms with Gasteiger partial charge in [0.1, 0.15) is 5.82 Å². The second-order valence-corrected chi connectivity index (χ2v) is 6.17. The van der Waals surface area contributed by atoms with Crippen LogP contribution in [0.15, 0.2) is 57.8 Å². The standard InChI is InChI=1S/C15H12BrN3OS/c16-13-3-1-2-12(8-13)15(20)18-14-4-6-17-19(14)9-11-5-7-21-10-11/h1-8,10H,9H2,(H,18,20). The maximum atomic E-state index is 12.2. The first-order chi connectivity index (χ1) is 10.2. The number of hydrogen-bond donors (Lipinski definition) is 1. The Bertz CT molecular complexity index is 752. The normalized spacial score (nSPS) is 10.5. The highest BCUT2D eigenvalue weighted by atomic mass is 79.9. The molecule has 0 aliphatic rings. The molecule has 1 N–H and O–H groups in total. The van der Waals surface area contributed by atoms with Crippen molar-refractivity contribution in [3.8, 4) is 0 Å². The molecule has 106 valence electrons. The van der Waals surface area contributed by atoms with Gasteiger partial charge in [0.15, 0.2) is 0 Å². The minimum atomic E-state index is -0.150. The van der Waals surface area contributed by atoms with E-state index < -0.39 is 0 Å². The third-order valence-corrected chi connectivity index (χ3v) is 4.18. The summed E-state index contributed by atoms with van der Waals surface area (Å²) in [7, 11) is 0. The number of nitrogens with one attached hydrogen (secondary N) is 1. The summed E-state index contributed by atoms with van der Waals surface area (Å²) in [6.07, 6.45) is 1.68. The van der Waals surface area contributed by atoms with Gasteiger partial charge in [0.05, 0.1) is 12.7 Å². The van der Waals surface area contributed by atoms with Crippen LogP contribution in [0.25, 0.3) is 0 Å². The Hall–Kier alpha value is -1.92. The average molecular weight is 362 g/mol. The maximum absolute atomic E-state index is 12.2. The summed E-state index contributed by atoms with van der Waals surface area (Å²) in [5, 5.41) is 11.2. The first-order valence-electron chi connectivity index (χ1n) is 6.32. The molecule has 0 spiro atoms. The number of thiophene rings is 1. The predicted molar refractivity (Wildman–Crippen MR) is 87.7 cm³/mol. The van der Waals surface area contributed by atoms with E-state index >= 15 is 0 Å². The molecule has 4 nitrogen and oxygen atoms in total. The molecule has 1 amide bonds. The molecule has 0 bridgehead atoms. The van der Waals surface area contributed by atoms with E-state index in [9.17, 15) is 4.79 Å². The van der Waals surface area contributed by atoms with Crippen molar-refractivity contribution >= 4 is 39.0 Å². The quantitative estimate of drug-likeness (QED) is 0.762. The molecular formula is C15H12BrN3OS. The van der Waals surface area contributed by atoms with Gasteiger partial charge < -0.3 is 5.32 Å². The Morgan fingerprint density at radius 1 is 1.33 bits per heavy atom. The summed E-state index contributed by atoms with van der Waals surface area (Å²) in [5.41, 5.74) is 1.77. The third kappa shape index (κ3) is 3.40. The second-order valence-electron chi connectivity index (χ2n) is 4.47. The van der Waals surface area contributed by atoms with Crippen LogP contribution in [0.5, 0.6) is 0 Å². The number of benzene rings is 1. The number of anilines is 1. The second kappa shape index (κ2) is 6.24. The average Bonchev–Trinajstić information content (AvgIpc) is 3.12. The molecule has 0 saturated heterocycles. The zero-order valence-corrected chi connectivity index (χ0v) is 13.4. The predicted octanol–water partition coefficient (Wildman–Crippen LogP) is 4.01. The summed E-state index contributed by atoms with van der Waals surface area (Å²) in [5.74, 6) is 0.537. The van der Waals surface area contributed by atoms with E-state index in [1.807, 2.05) is 23.6 Å². The van der Waals surface area contributed by atoms with Gasteiger partial charge in [-0.1, -0.05) is 22.0 Å². The zero-order chi connectivity index (χ0) is 14.7. The molecule has 0 unspecified atom stereocenters. The topological polar surface area (TPSA) is 46.9 Å². The Morgan fingerprint density at radius 3 is 3.00 bits per heavy atom. The molecule has 3 aromatic rings. The van der Waals surface area contributed by atoms with Crippen LogP contribution in [-0.2, 0) is 6.54 Å². The Kier molecular flexibility index (Phi) is 4.17. The minimum absolute atomic E-state index is 0.150. The third-order valence-electron chi connectivity index (χ3n) is 2.96. The highest BCUT2D eigenvalue weighted by Crippen LogP contribution is 2.15. The summed E-state index contributed by atoms with van der Waals surface area (Å²) >= 11 is 5.01. The molecule has 0 aliphatic carbocycles. The van der Waals surface area contributed by atoms with Crippen molar-refractivity contribution in [3.63, 3.8) is 0 Å². The Labute approximate surface area is 134 Å². The lowest BCUT2D eigenvalue weighted by molar-refractivity contribution is 0.102. The van der Waals surface area contributed by atoms with E-state index in [0.29, 0.717) is 17.9 Å². The molecule has 0 aliphatic heterocycles. The van der Waals surface area contributed by atoms with Gasteiger partial charge in [-0.3, -0.25) is 4.79 Å².